The molecule has 10 heteroatoms. The van der Waals surface area contributed by atoms with Crippen molar-refractivity contribution in [3.8, 4) is 0 Å². The van der Waals surface area contributed by atoms with Gasteiger partial charge in [0.05, 0.1) is 0 Å². The van der Waals surface area contributed by atoms with Crippen molar-refractivity contribution in [3.63, 3.8) is 0 Å². The van der Waals surface area contributed by atoms with Crippen LogP contribution in [0.15, 0.2) is 0 Å². The minimum absolute atomic E-state index is 0.221. The zero-order valence-corrected chi connectivity index (χ0v) is 14.7. The van der Waals surface area contributed by atoms with Gasteiger partial charge in [-0.15, -0.1) is 0 Å². The molecule has 0 aliphatic carbocycles. The van der Waals surface area contributed by atoms with E-state index in [1.165, 1.54) is 34.8 Å². The van der Waals surface area contributed by atoms with Gasteiger partial charge in [-0.3, -0.25) is 19.1 Å². The molecule has 0 radical (unpaired) electrons. The number of methoxy groups -OCH3 is 1. The fourth-order valence-electron chi connectivity index (χ4n) is 2.67. The molecule has 0 saturated carbocycles. The van der Waals surface area contributed by atoms with Gasteiger partial charge in [-0.2, -0.15) is 0 Å². The highest BCUT2D eigenvalue weighted by atomic mass is 16.9. The first-order valence-corrected chi connectivity index (χ1v) is 7.69. The van der Waals surface area contributed by atoms with Crippen LogP contribution in [-0.4, -0.2) is 68.3 Å². The van der Waals surface area contributed by atoms with Crippen molar-refractivity contribution in [1.82, 2.24) is 0 Å². The Labute approximate surface area is 144 Å². The van der Waals surface area contributed by atoms with Gasteiger partial charge in [-0.05, 0) is 0 Å². The van der Waals surface area contributed by atoms with Gasteiger partial charge in [-0.25, -0.2) is 0 Å². The number of ether oxygens (including phenoxy) is 7. The van der Waals surface area contributed by atoms with Crippen molar-refractivity contribution < 1.29 is 47.5 Å². The molecule has 2 aliphatic heterocycles. The fourth-order valence-corrected chi connectivity index (χ4v) is 2.67. The molecular formula is C15H22O10. The summed E-state index contributed by atoms with van der Waals surface area (Å²) in [6.07, 6.45) is -4.86. The summed E-state index contributed by atoms with van der Waals surface area (Å²) in [7, 11) is 1.37. The minimum Gasteiger partial charge on any atom is -0.463 e. The number of esters is 3. The third kappa shape index (κ3) is 4.66. The topological polar surface area (TPSA) is 116 Å². The van der Waals surface area contributed by atoms with Gasteiger partial charge in [0.1, 0.15) is 12.7 Å². The van der Waals surface area contributed by atoms with Crippen molar-refractivity contribution in [3.05, 3.63) is 0 Å². The lowest BCUT2D eigenvalue weighted by Crippen LogP contribution is -2.60. The molecule has 2 saturated heterocycles. The second-order valence-corrected chi connectivity index (χ2v) is 5.76. The standard InChI is InChI=1S/C15H22O10/c1-7(16)20-6-10-11(21-8(2)17)12(22-9(3)18)13-14(23-10)25-15(4,19-5)24-13/h10-14H,6H2,1-5H3/t10-,11+,12-,13+,14+,15-/m0/s1. The van der Waals surface area contributed by atoms with E-state index in [1.54, 1.807) is 0 Å². The second-order valence-electron chi connectivity index (χ2n) is 5.76. The number of carbonyl (C=O) groups excluding carboxylic acids is 3. The molecular weight excluding hydrogens is 340 g/mol. The summed E-state index contributed by atoms with van der Waals surface area (Å²) in [4.78, 5) is 34.1. The first kappa shape index (κ1) is 19.6. The number of hydrogen-bond acceptors (Lipinski definition) is 10. The number of hydrogen-bond donors (Lipinski definition) is 0. The molecule has 2 fully saturated rings. The van der Waals surface area contributed by atoms with E-state index in [-0.39, 0.29) is 6.61 Å². The minimum atomic E-state index is -1.43. The molecule has 0 spiro atoms. The summed E-state index contributed by atoms with van der Waals surface area (Å²) in [6, 6.07) is 0. The summed E-state index contributed by atoms with van der Waals surface area (Å²) < 4.78 is 37.6. The number of carbonyl (C=O) groups is 3. The number of rotatable bonds is 5. The molecule has 0 aromatic carbocycles. The maximum absolute atomic E-state index is 11.5. The van der Waals surface area contributed by atoms with Gasteiger partial charge in [0.2, 0.25) is 0 Å². The van der Waals surface area contributed by atoms with E-state index in [2.05, 4.69) is 0 Å². The van der Waals surface area contributed by atoms with Gasteiger partial charge in [0.15, 0.2) is 24.6 Å². The molecule has 2 rings (SSSR count). The largest absolute Gasteiger partial charge is 0.463 e. The third-order valence-corrected chi connectivity index (χ3v) is 3.70. The van der Waals surface area contributed by atoms with E-state index in [0.717, 1.165) is 0 Å². The Bertz CT molecular complexity index is 534. The average molecular weight is 362 g/mol. The van der Waals surface area contributed by atoms with Crippen LogP contribution < -0.4 is 0 Å². The van der Waals surface area contributed by atoms with Crippen molar-refractivity contribution in [2.75, 3.05) is 13.7 Å². The highest BCUT2D eigenvalue weighted by molar-refractivity contribution is 5.67. The Morgan fingerprint density at radius 2 is 1.56 bits per heavy atom. The molecule has 142 valence electrons. The molecule has 0 N–H and O–H groups in total. The lowest BCUT2D eigenvalue weighted by molar-refractivity contribution is -0.334. The van der Waals surface area contributed by atoms with Crippen LogP contribution in [0.5, 0.6) is 0 Å². The normalized spacial score (nSPS) is 37.1. The van der Waals surface area contributed by atoms with Gasteiger partial charge in [-0.1, -0.05) is 0 Å². The third-order valence-electron chi connectivity index (χ3n) is 3.70. The Hall–Kier alpha value is -1.75. The van der Waals surface area contributed by atoms with Crippen LogP contribution in [0.3, 0.4) is 0 Å². The van der Waals surface area contributed by atoms with Gasteiger partial charge in [0.25, 0.3) is 5.97 Å². The van der Waals surface area contributed by atoms with Crippen molar-refractivity contribution in [2.45, 2.75) is 64.4 Å². The summed E-state index contributed by atoms with van der Waals surface area (Å²) >= 11 is 0. The molecule has 0 aromatic heterocycles. The van der Waals surface area contributed by atoms with E-state index < -0.39 is 54.6 Å². The Kier molecular flexibility index (Phi) is 5.99. The van der Waals surface area contributed by atoms with Crippen LogP contribution in [0.4, 0.5) is 0 Å². The molecule has 2 aliphatic rings. The van der Waals surface area contributed by atoms with E-state index in [0.29, 0.717) is 0 Å². The van der Waals surface area contributed by atoms with Crippen molar-refractivity contribution in [2.24, 2.45) is 0 Å². The summed E-state index contributed by atoms with van der Waals surface area (Å²) in [5, 5.41) is 0. The van der Waals surface area contributed by atoms with Gasteiger partial charge >= 0.3 is 17.9 Å². The molecule has 0 unspecified atom stereocenters. The molecule has 0 amide bonds. The molecule has 0 aromatic rings. The van der Waals surface area contributed by atoms with Crippen LogP contribution >= 0.6 is 0 Å². The Balaban J connectivity index is 2.29. The fraction of sp³-hybridized carbons (Fsp3) is 0.800. The highest BCUT2D eigenvalue weighted by Crippen LogP contribution is 2.39. The SMILES string of the molecule is CO[C@]1(C)O[C@H]2O[C@@H](COC(C)=O)[C@@H](OC(C)=O)[C@H](OC(C)=O)[C@H]2O1. The molecule has 10 nitrogen and oxygen atoms in total. The predicted molar refractivity (Wildman–Crippen MR) is 77.8 cm³/mol. The summed E-state index contributed by atoms with van der Waals surface area (Å²) in [5.74, 6) is -3.19. The highest BCUT2D eigenvalue weighted by Gasteiger charge is 2.59. The van der Waals surface area contributed by atoms with Crippen LogP contribution in [0.2, 0.25) is 0 Å². The van der Waals surface area contributed by atoms with Crippen molar-refractivity contribution >= 4 is 17.9 Å². The molecule has 2 heterocycles. The van der Waals surface area contributed by atoms with E-state index in [1.807, 2.05) is 0 Å². The van der Waals surface area contributed by atoms with E-state index in [4.69, 9.17) is 33.2 Å². The Morgan fingerprint density at radius 3 is 2.08 bits per heavy atom. The maximum Gasteiger partial charge on any atom is 0.303 e. The maximum atomic E-state index is 11.5. The quantitative estimate of drug-likeness (QED) is 0.484. The molecule has 0 bridgehead atoms. The van der Waals surface area contributed by atoms with Crippen LogP contribution in [0, 0.1) is 0 Å². The molecule has 25 heavy (non-hydrogen) atoms. The zero-order chi connectivity index (χ0) is 18.8. The Morgan fingerprint density at radius 1 is 0.960 bits per heavy atom. The molecule has 6 atom stereocenters. The number of fused-ring (bicyclic) bond motifs is 1. The van der Waals surface area contributed by atoms with Crippen molar-refractivity contribution in [1.29, 1.82) is 0 Å². The second kappa shape index (κ2) is 7.65. The first-order chi connectivity index (χ1) is 11.6. The lowest BCUT2D eigenvalue weighted by atomic mass is 9.98. The summed E-state index contributed by atoms with van der Waals surface area (Å²) in [6.45, 7) is 4.93. The van der Waals surface area contributed by atoms with E-state index >= 15 is 0 Å². The van der Waals surface area contributed by atoms with Crippen LogP contribution in [0.25, 0.3) is 0 Å². The monoisotopic (exact) mass is 362 g/mol. The smallest absolute Gasteiger partial charge is 0.303 e. The van der Waals surface area contributed by atoms with Gasteiger partial charge < -0.3 is 28.4 Å². The van der Waals surface area contributed by atoms with E-state index in [9.17, 15) is 14.4 Å². The average Bonchev–Trinajstić information content (AvgIpc) is 2.84. The van der Waals surface area contributed by atoms with Gasteiger partial charge in [0, 0.05) is 34.8 Å². The zero-order valence-electron chi connectivity index (χ0n) is 14.7. The van der Waals surface area contributed by atoms with Crippen LogP contribution in [-0.2, 0) is 47.5 Å². The van der Waals surface area contributed by atoms with Crippen LogP contribution in [0.1, 0.15) is 27.7 Å². The first-order valence-electron chi connectivity index (χ1n) is 7.69. The summed E-state index contributed by atoms with van der Waals surface area (Å²) in [5.41, 5.74) is 0. The predicted octanol–water partition coefficient (Wildman–Crippen LogP) is -0.127. The lowest BCUT2D eigenvalue weighted by Gasteiger charge is -2.40.